The van der Waals surface area contributed by atoms with Gasteiger partial charge in [0.25, 0.3) is 0 Å². The quantitative estimate of drug-likeness (QED) is 0.767. The SMILES string of the molecule is CCCC(C)(CNC)CN1CCC(C)(C)CC1. The Kier molecular flexibility index (Phi) is 5.46. The maximum atomic E-state index is 3.37. The van der Waals surface area contributed by atoms with Gasteiger partial charge in [-0.05, 0) is 50.2 Å². The van der Waals surface area contributed by atoms with E-state index < -0.39 is 0 Å². The number of rotatable bonds is 6. The highest BCUT2D eigenvalue weighted by molar-refractivity contribution is 4.84. The van der Waals surface area contributed by atoms with Crippen LogP contribution in [0, 0.1) is 10.8 Å². The van der Waals surface area contributed by atoms with Crippen LogP contribution in [-0.2, 0) is 0 Å². The van der Waals surface area contributed by atoms with Gasteiger partial charge in [-0.1, -0.05) is 34.1 Å². The molecule has 1 N–H and O–H groups in total. The summed E-state index contributed by atoms with van der Waals surface area (Å²) in [6, 6.07) is 0. The van der Waals surface area contributed by atoms with Crippen LogP contribution in [0.2, 0.25) is 0 Å². The first-order chi connectivity index (χ1) is 7.91. The van der Waals surface area contributed by atoms with Crippen molar-refractivity contribution in [3.05, 3.63) is 0 Å². The second kappa shape index (κ2) is 6.19. The van der Waals surface area contributed by atoms with Crippen molar-refractivity contribution in [3.8, 4) is 0 Å². The largest absolute Gasteiger partial charge is 0.319 e. The van der Waals surface area contributed by atoms with Crippen molar-refractivity contribution in [2.75, 3.05) is 33.2 Å². The molecule has 0 saturated carbocycles. The summed E-state index contributed by atoms with van der Waals surface area (Å²) in [7, 11) is 2.08. The van der Waals surface area contributed by atoms with Gasteiger partial charge in [0.05, 0.1) is 0 Å². The lowest BCUT2D eigenvalue weighted by Gasteiger charge is -2.41. The lowest BCUT2D eigenvalue weighted by molar-refractivity contribution is 0.0844. The van der Waals surface area contributed by atoms with Crippen LogP contribution in [0.15, 0.2) is 0 Å². The van der Waals surface area contributed by atoms with Gasteiger partial charge in [0.15, 0.2) is 0 Å². The molecule has 1 aliphatic rings. The van der Waals surface area contributed by atoms with E-state index in [-0.39, 0.29) is 0 Å². The second-order valence-corrected chi connectivity index (χ2v) is 7.03. The van der Waals surface area contributed by atoms with Gasteiger partial charge in [0.1, 0.15) is 0 Å². The lowest BCUT2D eigenvalue weighted by atomic mass is 9.80. The summed E-state index contributed by atoms with van der Waals surface area (Å²) in [5.41, 5.74) is 1.02. The van der Waals surface area contributed by atoms with Crippen molar-refractivity contribution in [1.29, 1.82) is 0 Å². The lowest BCUT2D eigenvalue weighted by Crippen LogP contribution is -2.46. The van der Waals surface area contributed by atoms with E-state index in [9.17, 15) is 0 Å². The van der Waals surface area contributed by atoms with Crippen molar-refractivity contribution in [1.82, 2.24) is 10.2 Å². The third kappa shape index (κ3) is 4.97. The summed E-state index contributed by atoms with van der Waals surface area (Å²) in [5.74, 6) is 0. The van der Waals surface area contributed by atoms with E-state index in [1.807, 2.05) is 0 Å². The van der Waals surface area contributed by atoms with Gasteiger partial charge in [-0.15, -0.1) is 0 Å². The zero-order valence-electron chi connectivity index (χ0n) is 12.6. The molecule has 0 aromatic heterocycles. The van der Waals surface area contributed by atoms with Crippen LogP contribution in [0.3, 0.4) is 0 Å². The highest BCUT2D eigenvalue weighted by Gasteiger charge is 2.30. The van der Waals surface area contributed by atoms with Gasteiger partial charge in [-0.2, -0.15) is 0 Å². The summed E-state index contributed by atoms with van der Waals surface area (Å²) in [5, 5.41) is 3.37. The Bertz CT molecular complexity index is 207. The van der Waals surface area contributed by atoms with Crippen LogP contribution in [0.5, 0.6) is 0 Å². The maximum Gasteiger partial charge on any atom is 0.00475 e. The van der Waals surface area contributed by atoms with E-state index in [0.29, 0.717) is 10.8 Å². The molecule has 1 heterocycles. The number of hydrogen-bond donors (Lipinski definition) is 1. The van der Waals surface area contributed by atoms with E-state index in [1.165, 1.54) is 45.3 Å². The summed E-state index contributed by atoms with van der Waals surface area (Å²) >= 11 is 0. The molecule has 1 fully saturated rings. The summed E-state index contributed by atoms with van der Waals surface area (Å²) < 4.78 is 0. The highest BCUT2D eigenvalue weighted by Crippen LogP contribution is 2.32. The minimum atomic E-state index is 0.449. The Labute approximate surface area is 108 Å². The molecule has 1 saturated heterocycles. The Morgan fingerprint density at radius 1 is 1.24 bits per heavy atom. The molecular weight excluding hydrogens is 208 g/mol. The summed E-state index contributed by atoms with van der Waals surface area (Å²) in [6.45, 7) is 14.5. The number of piperidine rings is 1. The Hall–Kier alpha value is -0.0800. The Balaban J connectivity index is 2.46. The van der Waals surface area contributed by atoms with Gasteiger partial charge in [-0.25, -0.2) is 0 Å². The van der Waals surface area contributed by atoms with Crippen molar-refractivity contribution in [3.63, 3.8) is 0 Å². The smallest absolute Gasteiger partial charge is 0.00475 e. The molecule has 0 aromatic carbocycles. The van der Waals surface area contributed by atoms with Gasteiger partial charge >= 0.3 is 0 Å². The molecule has 0 aromatic rings. The molecule has 17 heavy (non-hydrogen) atoms. The molecule has 102 valence electrons. The van der Waals surface area contributed by atoms with E-state index in [4.69, 9.17) is 0 Å². The first-order valence-corrected chi connectivity index (χ1v) is 7.28. The van der Waals surface area contributed by atoms with Crippen molar-refractivity contribution < 1.29 is 0 Å². The fraction of sp³-hybridized carbons (Fsp3) is 1.00. The zero-order chi connectivity index (χ0) is 12.9. The molecule has 1 unspecified atom stereocenters. The van der Waals surface area contributed by atoms with Gasteiger partial charge < -0.3 is 10.2 Å². The molecule has 1 aliphatic heterocycles. The van der Waals surface area contributed by atoms with Crippen molar-refractivity contribution in [2.24, 2.45) is 10.8 Å². The van der Waals surface area contributed by atoms with Crippen LogP contribution in [-0.4, -0.2) is 38.1 Å². The predicted molar refractivity (Wildman–Crippen MR) is 76.4 cm³/mol. The molecule has 0 radical (unpaired) electrons. The number of nitrogens with one attached hydrogen (secondary N) is 1. The Morgan fingerprint density at radius 2 is 1.82 bits per heavy atom. The van der Waals surface area contributed by atoms with Crippen LogP contribution in [0.25, 0.3) is 0 Å². The van der Waals surface area contributed by atoms with Gasteiger partial charge in [-0.3, -0.25) is 0 Å². The number of nitrogens with zero attached hydrogens (tertiary/aromatic N) is 1. The standard InChI is InChI=1S/C15H32N2/c1-6-7-15(4,12-16-5)13-17-10-8-14(2,3)9-11-17/h16H,6-13H2,1-5H3. The first-order valence-electron chi connectivity index (χ1n) is 7.28. The van der Waals surface area contributed by atoms with E-state index >= 15 is 0 Å². The normalized spacial score (nSPS) is 24.5. The topological polar surface area (TPSA) is 15.3 Å². The van der Waals surface area contributed by atoms with Crippen molar-refractivity contribution >= 4 is 0 Å². The molecule has 0 bridgehead atoms. The van der Waals surface area contributed by atoms with Crippen molar-refractivity contribution in [2.45, 2.75) is 53.4 Å². The number of likely N-dealkylation sites (tertiary alicyclic amines) is 1. The molecule has 0 amide bonds. The fourth-order valence-corrected chi connectivity index (χ4v) is 3.11. The third-order valence-corrected chi connectivity index (χ3v) is 4.27. The van der Waals surface area contributed by atoms with Crippen LogP contribution >= 0.6 is 0 Å². The highest BCUT2D eigenvalue weighted by atomic mass is 15.1. The molecular formula is C15H32N2. The minimum Gasteiger partial charge on any atom is -0.319 e. The van der Waals surface area contributed by atoms with E-state index in [1.54, 1.807) is 0 Å². The van der Waals surface area contributed by atoms with Gasteiger partial charge in [0, 0.05) is 13.1 Å². The molecule has 0 spiro atoms. The van der Waals surface area contributed by atoms with E-state index in [0.717, 1.165) is 6.54 Å². The third-order valence-electron chi connectivity index (χ3n) is 4.27. The molecule has 1 rings (SSSR count). The average Bonchev–Trinajstić information content (AvgIpc) is 2.22. The molecule has 2 nitrogen and oxygen atoms in total. The van der Waals surface area contributed by atoms with E-state index in [2.05, 4.69) is 45.0 Å². The summed E-state index contributed by atoms with van der Waals surface area (Å²) in [6.07, 6.45) is 5.33. The molecule has 2 heteroatoms. The number of hydrogen-bond acceptors (Lipinski definition) is 2. The second-order valence-electron chi connectivity index (χ2n) is 7.03. The fourth-order valence-electron chi connectivity index (χ4n) is 3.11. The minimum absolute atomic E-state index is 0.449. The first kappa shape index (κ1) is 15.0. The van der Waals surface area contributed by atoms with Crippen LogP contribution < -0.4 is 5.32 Å². The predicted octanol–water partition coefficient (Wildman–Crippen LogP) is 3.13. The maximum absolute atomic E-state index is 3.37. The average molecular weight is 240 g/mol. The zero-order valence-corrected chi connectivity index (χ0v) is 12.6. The molecule has 1 atom stereocenters. The monoisotopic (exact) mass is 240 g/mol. The molecule has 0 aliphatic carbocycles. The van der Waals surface area contributed by atoms with Crippen LogP contribution in [0.1, 0.15) is 53.4 Å². The Morgan fingerprint density at radius 3 is 2.29 bits per heavy atom. The van der Waals surface area contributed by atoms with Crippen LogP contribution in [0.4, 0.5) is 0 Å². The summed E-state index contributed by atoms with van der Waals surface area (Å²) in [4.78, 5) is 2.68. The van der Waals surface area contributed by atoms with Gasteiger partial charge in [0.2, 0.25) is 0 Å².